The third-order valence-corrected chi connectivity index (χ3v) is 2.72. The van der Waals surface area contributed by atoms with Crippen molar-refractivity contribution in [1.29, 1.82) is 0 Å². The van der Waals surface area contributed by atoms with E-state index in [0.29, 0.717) is 0 Å². The molecule has 3 nitrogen and oxygen atoms in total. The number of nitrogens with zero attached hydrogens (tertiary/aromatic N) is 2. The van der Waals surface area contributed by atoms with Crippen LogP contribution in [0.2, 0.25) is 0 Å². The van der Waals surface area contributed by atoms with Gasteiger partial charge in [0.1, 0.15) is 0 Å². The highest BCUT2D eigenvalue weighted by Gasteiger charge is 2.19. The fourth-order valence-corrected chi connectivity index (χ4v) is 1.89. The number of hydrogen-bond acceptors (Lipinski definition) is 1. The van der Waals surface area contributed by atoms with Gasteiger partial charge in [-0.3, -0.25) is 4.79 Å². The minimum atomic E-state index is 0.175. The quantitative estimate of drug-likeness (QED) is 0.580. The summed E-state index contributed by atoms with van der Waals surface area (Å²) in [6.07, 6.45) is 3.05. The van der Waals surface area contributed by atoms with Crippen LogP contribution in [0, 0.1) is 0 Å². The summed E-state index contributed by atoms with van der Waals surface area (Å²) in [5.74, 6) is 0.175. The van der Waals surface area contributed by atoms with E-state index >= 15 is 0 Å². The predicted molar refractivity (Wildman–Crippen MR) is 50.2 cm³/mol. The van der Waals surface area contributed by atoms with E-state index in [2.05, 4.69) is 23.9 Å². The molecule has 0 radical (unpaired) electrons. The van der Waals surface area contributed by atoms with E-state index in [1.165, 1.54) is 11.3 Å². The number of amides is 1. The molecule has 0 saturated heterocycles. The second-order valence-electron chi connectivity index (χ2n) is 3.59. The van der Waals surface area contributed by atoms with Crippen LogP contribution in [0.4, 0.5) is 0 Å². The Morgan fingerprint density at radius 3 is 3.00 bits per heavy atom. The first-order valence-electron chi connectivity index (χ1n) is 4.57. The van der Waals surface area contributed by atoms with Crippen molar-refractivity contribution in [2.45, 2.75) is 19.9 Å². The molecule has 0 fully saturated rings. The number of fused-ring (bicyclic) bond motifs is 1. The maximum atomic E-state index is 11.1. The average molecular weight is 178 g/mol. The predicted octanol–water partition coefficient (Wildman–Crippen LogP) is 0.930. The smallest absolute Gasteiger partial charge is 0.219 e. The first-order valence-corrected chi connectivity index (χ1v) is 4.57. The maximum absolute atomic E-state index is 11.1. The van der Waals surface area contributed by atoms with E-state index in [-0.39, 0.29) is 5.91 Å². The zero-order valence-corrected chi connectivity index (χ0v) is 8.08. The van der Waals surface area contributed by atoms with Crippen molar-refractivity contribution in [2.24, 2.45) is 7.05 Å². The third-order valence-electron chi connectivity index (χ3n) is 2.72. The standard InChI is InChI=1S/C10H14N2O/c1-8(13)12-6-4-10-9(7-12)3-5-11(10)2/h3,5H,4,6-7H2,1-2H3. The van der Waals surface area contributed by atoms with Crippen molar-refractivity contribution in [2.75, 3.05) is 6.54 Å². The van der Waals surface area contributed by atoms with Crippen molar-refractivity contribution in [1.82, 2.24) is 9.47 Å². The minimum Gasteiger partial charge on any atom is -0.354 e. The molecule has 3 heteroatoms. The van der Waals surface area contributed by atoms with E-state index in [1.54, 1.807) is 6.92 Å². The molecule has 13 heavy (non-hydrogen) atoms. The first-order chi connectivity index (χ1) is 6.18. The van der Waals surface area contributed by atoms with Gasteiger partial charge in [0.2, 0.25) is 5.91 Å². The van der Waals surface area contributed by atoms with Crippen LogP contribution in [0.5, 0.6) is 0 Å². The van der Waals surface area contributed by atoms with Crippen LogP contribution >= 0.6 is 0 Å². The molecule has 1 aromatic rings. The van der Waals surface area contributed by atoms with Crippen LogP contribution in [-0.4, -0.2) is 21.9 Å². The van der Waals surface area contributed by atoms with Gasteiger partial charge in [-0.2, -0.15) is 0 Å². The Hall–Kier alpha value is -1.25. The molecule has 2 rings (SSSR count). The van der Waals surface area contributed by atoms with Gasteiger partial charge in [0.15, 0.2) is 0 Å². The molecule has 1 aliphatic rings. The molecule has 0 N–H and O–H groups in total. The highest BCUT2D eigenvalue weighted by molar-refractivity contribution is 5.73. The number of carbonyl (C=O) groups is 1. The summed E-state index contributed by atoms with van der Waals surface area (Å²) in [6.45, 7) is 3.28. The molecular formula is C10H14N2O. The number of hydrogen-bond donors (Lipinski definition) is 0. The Morgan fingerprint density at radius 2 is 2.31 bits per heavy atom. The number of aromatic nitrogens is 1. The summed E-state index contributed by atoms with van der Waals surface area (Å²) in [4.78, 5) is 13.0. The Kier molecular flexibility index (Phi) is 1.87. The van der Waals surface area contributed by atoms with Gasteiger partial charge in [-0.15, -0.1) is 0 Å². The van der Waals surface area contributed by atoms with Gasteiger partial charge in [0, 0.05) is 45.4 Å². The molecule has 70 valence electrons. The highest BCUT2D eigenvalue weighted by Crippen LogP contribution is 2.18. The summed E-state index contributed by atoms with van der Waals surface area (Å²) < 4.78 is 2.15. The summed E-state index contributed by atoms with van der Waals surface area (Å²) >= 11 is 0. The summed E-state index contributed by atoms with van der Waals surface area (Å²) in [5.41, 5.74) is 2.67. The Balaban J connectivity index is 2.25. The van der Waals surface area contributed by atoms with Gasteiger partial charge in [-0.1, -0.05) is 0 Å². The van der Waals surface area contributed by atoms with E-state index in [4.69, 9.17) is 0 Å². The zero-order valence-electron chi connectivity index (χ0n) is 8.08. The van der Waals surface area contributed by atoms with Gasteiger partial charge in [-0.25, -0.2) is 0 Å². The SMILES string of the molecule is CC(=O)N1CCc2c(ccn2C)C1. The van der Waals surface area contributed by atoms with E-state index in [9.17, 15) is 4.79 Å². The molecule has 0 aromatic carbocycles. The maximum Gasteiger partial charge on any atom is 0.219 e. The lowest BCUT2D eigenvalue weighted by Crippen LogP contribution is -2.34. The summed E-state index contributed by atoms with van der Waals surface area (Å²) in [7, 11) is 2.06. The zero-order chi connectivity index (χ0) is 9.42. The molecule has 0 bridgehead atoms. The molecule has 0 aliphatic carbocycles. The molecule has 0 spiro atoms. The van der Waals surface area contributed by atoms with Crippen LogP contribution in [0.1, 0.15) is 18.2 Å². The average Bonchev–Trinajstić information content (AvgIpc) is 2.47. The van der Waals surface area contributed by atoms with Gasteiger partial charge >= 0.3 is 0 Å². The minimum absolute atomic E-state index is 0.175. The lowest BCUT2D eigenvalue weighted by atomic mass is 10.1. The second kappa shape index (κ2) is 2.91. The van der Waals surface area contributed by atoms with Crippen molar-refractivity contribution in [3.8, 4) is 0 Å². The number of carbonyl (C=O) groups excluding carboxylic acids is 1. The lowest BCUT2D eigenvalue weighted by Gasteiger charge is -2.26. The van der Waals surface area contributed by atoms with Crippen LogP contribution in [0.25, 0.3) is 0 Å². The van der Waals surface area contributed by atoms with Crippen molar-refractivity contribution >= 4 is 5.91 Å². The fourth-order valence-electron chi connectivity index (χ4n) is 1.89. The van der Waals surface area contributed by atoms with Crippen LogP contribution in [0.15, 0.2) is 12.3 Å². The second-order valence-corrected chi connectivity index (χ2v) is 3.59. The Morgan fingerprint density at radius 1 is 1.54 bits per heavy atom. The third kappa shape index (κ3) is 1.34. The fraction of sp³-hybridized carbons (Fsp3) is 0.500. The van der Waals surface area contributed by atoms with Crippen molar-refractivity contribution < 1.29 is 4.79 Å². The van der Waals surface area contributed by atoms with Gasteiger partial charge in [0.25, 0.3) is 0 Å². The lowest BCUT2D eigenvalue weighted by molar-refractivity contribution is -0.129. The van der Waals surface area contributed by atoms with Gasteiger partial charge in [-0.05, 0) is 11.6 Å². The molecule has 0 saturated carbocycles. The van der Waals surface area contributed by atoms with Crippen LogP contribution in [0.3, 0.4) is 0 Å². The Bertz CT molecular complexity index is 341. The molecule has 1 aromatic heterocycles. The molecule has 1 aliphatic heterocycles. The molecule has 0 atom stereocenters. The van der Waals surface area contributed by atoms with E-state index in [1.807, 2.05) is 4.90 Å². The highest BCUT2D eigenvalue weighted by atomic mass is 16.2. The Labute approximate surface area is 78.0 Å². The van der Waals surface area contributed by atoms with E-state index in [0.717, 1.165) is 19.5 Å². The number of aryl methyl sites for hydroxylation is 1. The van der Waals surface area contributed by atoms with Gasteiger partial charge in [0.05, 0.1) is 0 Å². The van der Waals surface area contributed by atoms with Crippen LogP contribution < -0.4 is 0 Å². The monoisotopic (exact) mass is 178 g/mol. The summed E-state index contributed by atoms with van der Waals surface area (Å²) in [6, 6.07) is 2.10. The number of rotatable bonds is 0. The molecule has 1 amide bonds. The van der Waals surface area contributed by atoms with Crippen molar-refractivity contribution in [3.05, 3.63) is 23.5 Å². The van der Waals surface area contributed by atoms with Gasteiger partial charge < -0.3 is 9.47 Å². The molecular weight excluding hydrogens is 164 g/mol. The first kappa shape index (κ1) is 8.35. The van der Waals surface area contributed by atoms with Crippen molar-refractivity contribution in [3.63, 3.8) is 0 Å². The normalized spacial score (nSPS) is 15.7. The summed E-state index contributed by atoms with van der Waals surface area (Å²) in [5, 5.41) is 0. The largest absolute Gasteiger partial charge is 0.354 e. The van der Waals surface area contributed by atoms with E-state index < -0.39 is 0 Å². The topological polar surface area (TPSA) is 25.2 Å². The molecule has 0 unspecified atom stereocenters. The van der Waals surface area contributed by atoms with Crippen LogP contribution in [-0.2, 0) is 24.8 Å². The molecule has 2 heterocycles.